The minimum absolute atomic E-state index is 0.00236. The fourth-order valence-corrected chi connectivity index (χ4v) is 1.92. The minimum Gasteiger partial charge on any atom is -0.333 e. The van der Waals surface area contributed by atoms with E-state index in [1.54, 1.807) is 0 Å². The normalized spacial score (nSPS) is 19.3. The Labute approximate surface area is 103 Å². The molecular weight excluding hydrogens is 234 g/mol. The lowest BCUT2D eigenvalue weighted by Gasteiger charge is -2.34. The van der Waals surface area contributed by atoms with E-state index < -0.39 is 11.9 Å². The Balaban J connectivity index is 2.43. The molecule has 0 spiro atoms. The summed E-state index contributed by atoms with van der Waals surface area (Å²) in [4.78, 5) is 24.6. The molecule has 92 valence electrons. The molecule has 0 aliphatic carbocycles. The van der Waals surface area contributed by atoms with Crippen LogP contribution >= 0.6 is 0 Å². The topological polar surface area (TPSA) is 99.0 Å². The second-order valence-corrected chi connectivity index (χ2v) is 3.84. The van der Waals surface area contributed by atoms with E-state index in [9.17, 15) is 9.59 Å². The molecular formula is C11H11N5O2. The summed E-state index contributed by atoms with van der Waals surface area (Å²) in [5.74, 6) is -0.502. The fourth-order valence-electron chi connectivity index (χ4n) is 1.92. The predicted octanol–water partition coefficient (Wildman–Crippen LogP) is -0.410. The largest absolute Gasteiger partial charge is 0.333 e. The molecule has 1 atom stereocenters. The van der Waals surface area contributed by atoms with E-state index in [2.05, 4.69) is 15.5 Å². The summed E-state index contributed by atoms with van der Waals surface area (Å²) in [5.41, 5.74) is 0.297. The predicted molar refractivity (Wildman–Crippen MR) is 61.3 cm³/mol. The molecule has 0 radical (unpaired) electrons. The van der Waals surface area contributed by atoms with Crippen molar-refractivity contribution < 1.29 is 9.59 Å². The van der Waals surface area contributed by atoms with E-state index in [1.165, 1.54) is 17.2 Å². The highest BCUT2D eigenvalue weighted by molar-refractivity contribution is 6.04. The zero-order valence-electron chi connectivity index (χ0n) is 9.75. The molecule has 1 aromatic heterocycles. The molecule has 2 amide bonds. The maximum absolute atomic E-state index is 11.7. The summed E-state index contributed by atoms with van der Waals surface area (Å²) in [6.07, 6.45) is 1.91. The van der Waals surface area contributed by atoms with Crippen LogP contribution in [0.2, 0.25) is 0 Å². The highest BCUT2D eigenvalue weighted by Gasteiger charge is 2.34. The Morgan fingerprint density at radius 3 is 3.06 bits per heavy atom. The van der Waals surface area contributed by atoms with Crippen LogP contribution < -0.4 is 10.2 Å². The molecule has 0 aromatic carbocycles. The number of imide groups is 1. The first-order valence-corrected chi connectivity index (χ1v) is 5.49. The van der Waals surface area contributed by atoms with Gasteiger partial charge in [-0.2, -0.15) is 10.4 Å². The molecule has 1 aromatic rings. The SMILES string of the molecule is CCC1C(=O)NC(=O)CN1c1nnccc1C#N. The molecule has 0 saturated carbocycles. The molecule has 1 unspecified atom stereocenters. The van der Waals surface area contributed by atoms with E-state index >= 15 is 0 Å². The minimum atomic E-state index is -0.508. The van der Waals surface area contributed by atoms with E-state index in [0.717, 1.165) is 0 Å². The number of hydrogen-bond donors (Lipinski definition) is 1. The molecule has 1 aliphatic rings. The molecule has 1 N–H and O–H groups in total. The number of nitrogens with one attached hydrogen (secondary N) is 1. The molecule has 0 bridgehead atoms. The first kappa shape index (κ1) is 12.0. The number of carbonyl (C=O) groups is 2. The van der Waals surface area contributed by atoms with Crippen LogP contribution in [0.5, 0.6) is 0 Å². The van der Waals surface area contributed by atoms with Gasteiger partial charge in [-0.1, -0.05) is 6.92 Å². The first-order valence-electron chi connectivity index (χ1n) is 5.49. The second-order valence-electron chi connectivity index (χ2n) is 3.84. The molecule has 7 nitrogen and oxygen atoms in total. The Morgan fingerprint density at radius 2 is 2.39 bits per heavy atom. The third kappa shape index (κ3) is 2.00. The molecule has 18 heavy (non-hydrogen) atoms. The second kappa shape index (κ2) is 4.79. The maximum Gasteiger partial charge on any atom is 0.249 e. The Morgan fingerprint density at radius 1 is 1.61 bits per heavy atom. The van der Waals surface area contributed by atoms with Gasteiger partial charge >= 0.3 is 0 Å². The van der Waals surface area contributed by atoms with E-state index in [0.29, 0.717) is 12.0 Å². The summed E-state index contributed by atoms with van der Waals surface area (Å²) in [5, 5.41) is 18.8. The van der Waals surface area contributed by atoms with Crippen molar-refractivity contribution in [3.63, 3.8) is 0 Å². The fraction of sp³-hybridized carbons (Fsp3) is 0.364. The van der Waals surface area contributed by atoms with Gasteiger partial charge in [0.1, 0.15) is 12.1 Å². The summed E-state index contributed by atoms with van der Waals surface area (Å²) in [6.45, 7) is 1.83. The Bertz CT molecular complexity index is 536. The lowest BCUT2D eigenvalue weighted by atomic mass is 10.1. The molecule has 1 aliphatic heterocycles. The molecule has 2 heterocycles. The van der Waals surface area contributed by atoms with Crippen LogP contribution in [-0.2, 0) is 9.59 Å². The van der Waals surface area contributed by atoms with Crippen molar-refractivity contribution in [2.24, 2.45) is 0 Å². The number of nitriles is 1. The number of hydrogen-bond acceptors (Lipinski definition) is 6. The van der Waals surface area contributed by atoms with Gasteiger partial charge in [0, 0.05) is 0 Å². The maximum atomic E-state index is 11.7. The number of anilines is 1. The van der Waals surface area contributed by atoms with Crippen molar-refractivity contribution in [1.29, 1.82) is 5.26 Å². The first-order chi connectivity index (χ1) is 8.67. The van der Waals surface area contributed by atoms with Gasteiger partial charge in [0.05, 0.1) is 18.3 Å². The van der Waals surface area contributed by atoms with Crippen molar-refractivity contribution in [3.05, 3.63) is 17.8 Å². The third-order valence-corrected chi connectivity index (χ3v) is 2.74. The summed E-state index contributed by atoms with van der Waals surface area (Å²) >= 11 is 0. The zero-order chi connectivity index (χ0) is 13.1. The molecule has 2 rings (SSSR count). The summed E-state index contributed by atoms with van der Waals surface area (Å²) < 4.78 is 0. The van der Waals surface area contributed by atoms with Crippen LogP contribution in [0.1, 0.15) is 18.9 Å². The van der Waals surface area contributed by atoms with Gasteiger partial charge in [0.2, 0.25) is 11.8 Å². The molecule has 7 heteroatoms. The van der Waals surface area contributed by atoms with Gasteiger partial charge < -0.3 is 4.90 Å². The van der Waals surface area contributed by atoms with Gasteiger partial charge in [-0.25, -0.2) is 0 Å². The summed E-state index contributed by atoms with van der Waals surface area (Å²) in [6, 6.07) is 2.98. The van der Waals surface area contributed by atoms with Crippen molar-refractivity contribution in [2.45, 2.75) is 19.4 Å². The third-order valence-electron chi connectivity index (χ3n) is 2.74. The number of rotatable bonds is 2. The van der Waals surface area contributed by atoms with Gasteiger partial charge in [-0.15, -0.1) is 5.10 Å². The number of aromatic nitrogens is 2. The van der Waals surface area contributed by atoms with Crippen molar-refractivity contribution in [1.82, 2.24) is 15.5 Å². The monoisotopic (exact) mass is 245 g/mol. The van der Waals surface area contributed by atoms with Crippen LogP contribution in [0.4, 0.5) is 5.82 Å². The van der Waals surface area contributed by atoms with Crippen LogP contribution in [0.25, 0.3) is 0 Å². The van der Waals surface area contributed by atoms with Gasteiger partial charge in [0.25, 0.3) is 0 Å². The lowest BCUT2D eigenvalue weighted by Crippen LogP contribution is -2.58. The summed E-state index contributed by atoms with van der Waals surface area (Å²) in [7, 11) is 0. The number of piperazine rings is 1. The van der Waals surface area contributed by atoms with E-state index in [-0.39, 0.29) is 18.3 Å². The van der Waals surface area contributed by atoms with Crippen LogP contribution in [0.15, 0.2) is 12.3 Å². The van der Waals surface area contributed by atoms with E-state index in [1.807, 2.05) is 13.0 Å². The average molecular weight is 245 g/mol. The van der Waals surface area contributed by atoms with Crippen LogP contribution in [-0.4, -0.2) is 34.6 Å². The van der Waals surface area contributed by atoms with E-state index in [4.69, 9.17) is 5.26 Å². The van der Waals surface area contributed by atoms with Crippen molar-refractivity contribution in [2.75, 3.05) is 11.4 Å². The van der Waals surface area contributed by atoms with Crippen molar-refractivity contribution in [3.8, 4) is 6.07 Å². The lowest BCUT2D eigenvalue weighted by molar-refractivity contribution is -0.132. The standard InChI is InChI=1S/C11H11N5O2/c1-2-8-11(18)14-9(17)6-16(8)10-7(5-12)3-4-13-15-10/h3-4,8H,2,6H2,1H3,(H,14,17,18). The van der Waals surface area contributed by atoms with Gasteiger partial charge in [0.15, 0.2) is 5.82 Å². The number of carbonyl (C=O) groups excluding carboxylic acids is 2. The number of nitrogens with zero attached hydrogens (tertiary/aromatic N) is 4. The zero-order valence-corrected chi connectivity index (χ0v) is 9.75. The van der Waals surface area contributed by atoms with Gasteiger partial charge in [-0.3, -0.25) is 14.9 Å². The quantitative estimate of drug-likeness (QED) is 0.711. The van der Waals surface area contributed by atoms with Gasteiger partial charge in [-0.05, 0) is 12.5 Å². The Hall–Kier alpha value is -2.49. The van der Waals surface area contributed by atoms with Crippen LogP contribution in [0.3, 0.4) is 0 Å². The molecule has 1 saturated heterocycles. The smallest absolute Gasteiger partial charge is 0.249 e. The van der Waals surface area contributed by atoms with Crippen molar-refractivity contribution >= 4 is 17.6 Å². The number of amides is 2. The Kier molecular flexibility index (Phi) is 3.19. The average Bonchev–Trinajstić information content (AvgIpc) is 2.38. The van der Waals surface area contributed by atoms with Crippen LogP contribution in [0, 0.1) is 11.3 Å². The highest BCUT2D eigenvalue weighted by atomic mass is 16.2. The highest BCUT2D eigenvalue weighted by Crippen LogP contribution is 2.21. The molecule has 1 fully saturated rings.